The Morgan fingerprint density at radius 1 is 1.00 bits per heavy atom. The summed E-state index contributed by atoms with van der Waals surface area (Å²) >= 11 is 1.34. The Morgan fingerprint density at radius 3 is 2.33 bits per heavy atom. The van der Waals surface area contributed by atoms with Crippen molar-refractivity contribution in [2.24, 2.45) is 0 Å². The first-order chi connectivity index (χ1) is 9.91. The molecule has 4 heteroatoms. The van der Waals surface area contributed by atoms with Gasteiger partial charge in [0, 0.05) is 0 Å². The van der Waals surface area contributed by atoms with Gasteiger partial charge in [-0.15, -0.1) is 0 Å². The van der Waals surface area contributed by atoms with Crippen molar-refractivity contribution in [1.82, 2.24) is 10.2 Å². The van der Waals surface area contributed by atoms with E-state index in [0.717, 1.165) is 22.8 Å². The van der Waals surface area contributed by atoms with Crippen LogP contribution in [0.5, 0.6) is 5.88 Å². The van der Waals surface area contributed by atoms with Crippen molar-refractivity contribution in [3.05, 3.63) is 33.5 Å². The van der Waals surface area contributed by atoms with Gasteiger partial charge in [0.15, 0.2) is 0 Å². The molecule has 110 valence electrons. The van der Waals surface area contributed by atoms with Gasteiger partial charge in [-0.25, -0.2) is 0 Å². The van der Waals surface area contributed by atoms with Crippen LogP contribution in [0.4, 0.5) is 0 Å². The zero-order valence-electron chi connectivity index (χ0n) is 13.2. The van der Waals surface area contributed by atoms with E-state index in [9.17, 15) is 0 Å². The Hall–Kier alpha value is -1.21. The van der Waals surface area contributed by atoms with Gasteiger partial charge in [0.25, 0.3) is 0 Å². The Balaban J connectivity index is 2.32. The predicted molar refractivity (Wildman–Crippen MR) is 81.7 cm³/mol. The molecule has 1 aliphatic rings. The van der Waals surface area contributed by atoms with Gasteiger partial charge in [0.1, 0.15) is 0 Å². The second-order valence-electron chi connectivity index (χ2n) is 5.83. The van der Waals surface area contributed by atoms with Crippen molar-refractivity contribution in [2.45, 2.75) is 47.5 Å². The molecular weight excluding hydrogens is 432 g/mol. The molecule has 0 saturated carbocycles. The minimum atomic E-state index is 0.740. The van der Waals surface area contributed by atoms with Gasteiger partial charge in [-0.2, -0.15) is 0 Å². The third kappa shape index (κ3) is 2.22. The van der Waals surface area contributed by atoms with Crippen molar-refractivity contribution >= 4 is 4.08 Å². The van der Waals surface area contributed by atoms with Gasteiger partial charge >= 0.3 is 136 Å². The summed E-state index contributed by atoms with van der Waals surface area (Å²) in [5, 5.41) is 7.58. The minimum absolute atomic E-state index is 0.740. The molecule has 0 spiro atoms. The van der Waals surface area contributed by atoms with Crippen LogP contribution in [0.1, 0.15) is 40.4 Å². The number of ether oxygens (including phenoxy) is 1. The van der Waals surface area contributed by atoms with E-state index in [1.807, 2.05) is 6.92 Å². The first-order valence-corrected chi connectivity index (χ1v) is 8.73. The van der Waals surface area contributed by atoms with E-state index in [0.29, 0.717) is 0 Å². The van der Waals surface area contributed by atoms with Crippen molar-refractivity contribution in [2.75, 3.05) is 0 Å². The Kier molecular flexibility index (Phi) is 3.65. The number of aryl methyl sites for hydroxylation is 1. The first kappa shape index (κ1) is 14.7. The molecular formula is C17H20N2OW. The van der Waals surface area contributed by atoms with Gasteiger partial charge in [0.05, 0.1) is 0 Å². The fourth-order valence-corrected chi connectivity index (χ4v) is 3.58. The number of benzene rings is 1. The number of nitrogens with zero attached hydrogens (tertiary/aromatic N) is 1. The van der Waals surface area contributed by atoms with Crippen LogP contribution in [0, 0.1) is 27.7 Å². The van der Waals surface area contributed by atoms with Crippen molar-refractivity contribution < 1.29 is 24.1 Å². The molecule has 1 aliphatic carbocycles. The zero-order valence-corrected chi connectivity index (χ0v) is 16.1. The van der Waals surface area contributed by atoms with Gasteiger partial charge in [0.2, 0.25) is 0 Å². The first-order valence-electron chi connectivity index (χ1n) is 7.27. The summed E-state index contributed by atoms with van der Waals surface area (Å²) in [7, 11) is 0. The van der Waals surface area contributed by atoms with E-state index in [1.165, 1.54) is 64.0 Å². The normalized spacial score (nSPS) is 12.8. The zero-order chi connectivity index (χ0) is 15.3. The fourth-order valence-electron chi connectivity index (χ4n) is 3.30. The molecule has 21 heavy (non-hydrogen) atoms. The number of nitrogens with one attached hydrogen (secondary N) is 1. The van der Waals surface area contributed by atoms with Crippen molar-refractivity contribution in [1.29, 1.82) is 0 Å². The van der Waals surface area contributed by atoms with Crippen LogP contribution in [0.2, 0.25) is 0 Å². The van der Waals surface area contributed by atoms with Crippen LogP contribution < -0.4 is 4.74 Å². The molecule has 1 aromatic carbocycles. The summed E-state index contributed by atoms with van der Waals surface area (Å²) in [5.74, 6) is 0.740. The predicted octanol–water partition coefficient (Wildman–Crippen LogP) is 3.48. The molecule has 1 heterocycles. The molecule has 3 rings (SSSR count). The molecule has 0 atom stereocenters. The molecule has 0 aliphatic heterocycles. The summed E-state index contributed by atoms with van der Waals surface area (Å²) in [5.41, 5.74) is 10.8. The number of rotatable bonds is 2. The van der Waals surface area contributed by atoms with E-state index in [2.05, 4.69) is 37.9 Å². The quantitative estimate of drug-likeness (QED) is 0.758. The summed E-state index contributed by atoms with van der Waals surface area (Å²) in [6.45, 7) is 10.9. The van der Waals surface area contributed by atoms with Crippen LogP contribution >= 0.6 is 0 Å². The molecule has 1 aromatic heterocycles. The maximum atomic E-state index is 5.89. The average molecular weight is 452 g/mol. The third-order valence-electron chi connectivity index (χ3n) is 4.74. The van der Waals surface area contributed by atoms with Crippen LogP contribution in [0.3, 0.4) is 0 Å². The second-order valence-corrected chi connectivity index (χ2v) is 7.89. The standard InChI is InChI=1S/C17H20N2O.W/c1-6-20-17-16-14(18-19-17)8-7-13-11(4)9(2)10(3)12(5)15(13)16;/h7-8H2,1-5H3,(H,18,19);. The molecule has 3 nitrogen and oxygen atoms in total. The SMILES string of the molecule is C[C](=[W])Oc1n[nH]c2c1-c1c(C)c(C)c(C)c(C)c1CC2. The molecule has 0 bridgehead atoms. The van der Waals surface area contributed by atoms with Crippen molar-refractivity contribution in [3.8, 4) is 17.0 Å². The Morgan fingerprint density at radius 2 is 1.67 bits per heavy atom. The summed E-state index contributed by atoms with van der Waals surface area (Å²) in [6.07, 6.45) is 2.09. The maximum absolute atomic E-state index is 5.89. The molecule has 1 N–H and O–H groups in total. The fraction of sp³-hybridized carbons (Fsp3) is 0.412. The Bertz CT molecular complexity index is 759. The van der Waals surface area contributed by atoms with Crippen LogP contribution in [-0.4, -0.2) is 14.3 Å². The number of hydrogen-bond donors (Lipinski definition) is 1. The van der Waals surface area contributed by atoms with E-state index < -0.39 is 0 Å². The van der Waals surface area contributed by atoms with E-state index in [-0.39, 0.29) is 0 Å². The van der Waals surface area contributed by atoms with Crippen LogP contribution in [0.15, 0.2) is 0 Å². The molecule has 2 aromatic rings. The summed E-state index contributed by atoms with van der Waals surface area (Å²) in [6, 6.07) is 0. The second kappa shape index (κ2) is 5.21. The number of fused-ring (bicyclic) bond motifs is 3. The number of H-pyrrole nitrogens is 1. The number of aromatic amines is 1. The van der Waals surface area contributed by atoms with E-state index in [4.69, 9.17) is 4.74 Å². The molecule has 0 fully saturated rings. The summed E-state index contributed by atoms with van der Waals surface area (Å²) in [4.78, 5) is 0. The van der Waals surface area contributed by atoms with E-state index in [1.54, 1.807) is 0 Å². The van der Waals surface area contributed by atoms with Crippen LogP contribution in [0.25, 0.3) is 11.1 Å². The summed E-state index contributed by atoms with van der Waals surface area (Å²) < 4.78 is 6.88. The van der Waals surface area contributed by atoms with Gasteiger partial charge in [-0.3, -0.25) is 0 Å². The molecule has 0 radical (unpaired) electrons. The number of hydrogen-bond acceptors (Lipinski definition) is 2. The number of aromatic nitrogens is 2. The average Bonchev–Trinajstić information content (AvgIpc) is 2.84. The monoisotopic (exact) mass is 452 g/mol. The van der Waals surface area contributed by atoms with Crippen molar-refractivity contribution in [3.63, 3.8) is 0 Å². The molecule has 0 amide bonds. The van der Waals surface area contributed by atoms with E-state index >= 15 is 0 Å². The van der Waals surface area contributed by atoms with Crippen LogP contribution in [-0.2, 0) is 32.2 Å². The topological polar surface area (TPSA) is 37.9 Å². The Labute approximate surface area is 136 Å². The molecule has 0 unspecified atom stereocenters. The van der Waals surface area contributed by atoms with Gasteiger partial charge in [-0.1, -0.05) is 0 Å². The van der Waals surface area contributed by atoms with Gasteiger partial charge in [-0.05, 0) is 0 Å². The molecule has 0 saturated heterocycles. The van der Waals surface area contributed by atoms with Gasteiger partial charge < -0.3 is 0 Å². The third-order valence-corrected chi connectivity index (χ3v) is 5.04.